The van der Waals surface area contributed by atoms with E-state index >= 15 is 0 Å². The van der Waals surface area contributed by atoms with Crippen LogP contribution >= 0.6 is 0 Å². The number of nitrogens with zero attached hydrogens (tertiary/aromatic N) is 1. The molecule has 5 N–H and O–H groups in total. The highest BCUT2D eigenvalue weighted by atomic mass is 16.4. The second-order valence-corrected chi connectivity index (χ2v) is 6.48. The molecule has 7 heteroatoms. The number of aliphatic carboxylic acids is 1. The molecule has 134 valence electrons. The summed E-state index contributed by atoms with van der Waals surface area (Å²) in [5.41, 5.74) is 6.05. The fourth-order valence-electron chi connectivity index (χ4n) is 2.57. The molecule has 0 amide bonds. The predicted octanol–water partition coefficient (Wildman–Crippen LogP) is 0.976. The lowest BCUT2D eigenvalue weighted by Crippen LogP contribution is -2.50. The number of hydrogen-bond donors (Lipinski definition) is 4. The summed E-state index contributed by atoms with van der Waals surface area (Å²) in [6.07, 6.45) is 2.97. The number of hydrogen-bond acceptors (Lipinski definition) is 5. The third-order valence-corrected chi connectivity index (χ3v) is 4.33. The molecule has 0 aliphatic rings. The maximum Gasteiger partial charge on any atom is 0.451 e. The Morgan fingerprint density at radius 2 is 1.83 bits per heavy atom. The van der Waals surface area contributed by atoms with Crippen LogP contribution in [0.15, 0.2) is 30.3 Å². The first-order chi connectivity index (χ1) is 11.3. The van der Waals surface area contributed by atoms with Crippen molar-refractivity contribution in [2.75, 3.05) is 20.1 Å². The zero-order valence-corrected chi connectivity index (χ0v) is 14.4. The van der Waals surface area contributed by atoms with Gasteiger partial charge < -0.3 is 25.8 Å². The molecule has 6 nitrogen and oxygen atoms in total. The molecule has 0 aliphatic carbocycles. The molecular formula is C17H29BN2O4. The Labute approximate surface area is 144 Å². The van der Waals surface area contributed by atoms with Crippen LogP contribution in [0.5, 0.6) is 0 Å². The van der Waals surface area contributed by atoms with Gasteiger partial charge in [-0.15, -0.1) is 0 Å². The third kappa shape index (κ3) is 7.92. The van der Waals surface area contributed by atoms with Gasteiger partial charge in [0, 0.05) is 13.1 Å². The maximum absolute atomic E-state index is 11.5. The quantitative estimate of drug-likeness (QED) is 0.335. The maximum atomic E-state index is 11.5. The Morgan fingerprint density at radius 1 is 1.17 bits per heavy atom. The van der Waals surface area contributed by atoms with Gasteiger partial charge in [0.25, 0.3) is 0 Å². The number of benzene rings is 1. The van der Waals surface area contributed by atoms with Crippen LogP contribution in [-0.2, 0) is 11.2 Å². The molecule has 0 heterocycles. The lowest BCUT2D eigenvalue weighted by atomic mass is 9.81. The minimum atomic E-state index is -1.34. The molecule has 0 aliphatic heterocycles. The van der Waals surface area contributed by atoms with Gasteiger partial charge in [-0.05, 0) is 38.2 Å². The van der Waals surface area contributed by atoms with E-state index in [0.717, 1.165) is 13.0 Å². The molecule has 1 aromatic carbocycles. The summed E-state index contributed by atoms with van der Waals surface area (Å²) in [7, 11) is 0.624. The monoisotopic (exact) mass is 336 g/mol. The number of nitrogens with two attached hydrogens (primary N) is 1. The second-order valence-electron chi connectivity index (χ2n) is 6.48. The Morgan fingerprint density at radius 3 is 2.42 bits per heavy atom. The van der Waals surface area contributed by atoms with Crippen molar-refractivity contribution in [3.63, 3.8) is 0 Å². The molecule has 0 saturated carbocycles. The summed E-state index contributed by atoms with van der Waals surface area (Å²) < 4.78 is 0. The van der Waals surface area contributed by atoms with Crippen molar-refractivity contribution in [1.82, 2.24) is 4.90 Å². The van der Waals surface area contributed by atoms with E-state index in [0.29, 0.717) is 32.2 Å². The van der Waals surface area contributed by atoms with Crippen molar-refractivity contribution >= 4 is 13.1 Å². The van der Waals surface area contributed by atoms with Crippen molar-refractivity contribution in [2.45, 2.75) is 44.0 Å². The van der Waals surface area contributed by atoms with Gasteiger partial charge in [-0.25, -0.2) is 0 Å². The van der Waals surface area contributed by atoms with Gasteiger partial charge in [0.05, 0.1) is 0 Å². The fourth-order valence-corrected chi connectivity index (χ4v) is 2.57. The highest BCUT2D eigenvalue weighted by Gasteiger charge is 2.33. The summed E-state index contributed by atoms with van der Waals surface area (Å²) in [4.78, 5) is 13.6. The zero-order chi connectivity index (χ0) is 18.0. The van der Waals surface area contributed by atoms with Crippen LogP contribution in [0.4, 0.5) is 0 Å². The van der Waals surface area contributed by atoms with E-state index in [1.807, 2.05) is 25.2 Å². The molecular weight excluding hydrogens is 307 g/mol. The van der Waals surface area contributed by atoms with Crippen LogP contribution in [0.2, 0.25) is 6.32 Å². The lowest BCUT2D eigenvalue weighted by molar-refractivity contribution is -0.144. The van der Waals surface area contributed by atoms with Crippen molar-refractivity contribution < 1.29 is 19.9 Å². The number of unbranched alkanes of at least 4 members (excludes halogenated alkanes) is 1. The second kappa shape index (κ2) is 10.5. The van der Waals surface area contributed by atoms with Gasteiger partial charge in [0.15, 0.2) is 0 Å². The number of carboxylic acid groups (broad SMARTS) is 1. The average Bonchev–Trinajstić information content (AvgIpc) is 2.55. The van der Waals surface area contributed by atoms with Gasteiger partial charge >= 0.3 is 13.1 Å². The minimum absolute atomic E-state index is 0.243. The number of carbonyl (C=O) groups is 1. The van der Waals surface area contributed by atoms with Gasteiger partial charge in [0.1, 0.15) is 5.54 Å². The summed E-state index contributed by atoms with van der Waals surface area (Å²) in [5, 5.41) is 27.1. The first-order valence-corrected chi connectivity index (χ1v) is 8.44. The van der Waals surface area contributed by atoms with E-state index in [-0.39, 0.29) is 6.32 Å². The molecule has 0 saturated heterocycles. The molecule has 0 spiro atoms. The van der Waals surface area contributed by atoms with Crippen LogP contribution in [0, 0.1) is 0 Å². The summed E-state index contributed by atoms with van der Waals surface area (Å²) in [6.45, 7) is 1.45. The zero-order valence-electron chi connectivity index (χ0n) is 14.4. The van der Waals surface area contributed by atoms with Gasteiger partial charge in [-0.2, -0.15) is 0 Å². The van der Waals surface area contributed by atoms with Crippen molar-refractivity contribution in [1.29, 1.82) is 0 Å². The molecule has 24 heavy (non-hydrogen) atoms. The molecule has 0 radical (unpaired) electrons. The predicted molar refractivity (Wildman–Crippen MR) is 95.7 cm³/mol. The number of likely N-dealkylation sites (N-methyl/N-ethyl adjacent to an activating group) is 1. The summed E-state index contributed by atoms with van der Waals surface area (Å²) in [5.74, 6) is -0.997. The standard InChI is InChI=1S/C17H29BN2O4/c1-20(13-9-15-7-3-2-4-8-15)14-11-17(19,16(21)22)10-5-6-12-18(23)24/h2-4,7-8,23-24H,5-6,9-14,19H2,1H3,(H,21,22). The molecule has 1 atom stereocenters. The fraction of sp³-hybridized carbons (Fsp3) is 0.588. The van der Waals surface area contributed by atoms with Crippen LogP contribution in [-0.4, -0.2) is 58.8 Å². The average molecular weight is 336 g/mol. The Bertz CT molecular complexity index is 487. The van der Waals surface area contributed by atoms with Crippen LogP contribution in [0.25, 0.3) is 0 Å². The Hall–Kier alpha value is -1.41. The first-order valence-electron chi connectivity index (χ1n) is 8.44. The van der Waals surface area contributed by atoms with Crippen LogP contribution in [0.3, 0.4) is 0 Å². The SMILES string of the molecule is CN(CCc1ccccc1)CCC(N)(CCCCB(O)O)C(=O)O. The molecule has 1 rings (SSSR count). The van der Waals surface area contributed by atoms with E-state index in [9.17, 15) is 9.90 Å². The van der Waals surface area contributed by atoms with E-state index in [1.165, 1.54) is 5.56 Å². The van der Waals surface area contributed by atoms with Crippen molar-refractivity contribution in [3.8, 4) is 0 Å². The normalized spacial score (nSPS) is 13.7. The van der Waals surface area contributed by atoms with Gasteiger partial charge in [-0.3, -0.25) is 4.79 Å². The van der Waals surface area contributed by atoms with Crippen LogP contribution in [0.1, 0.15) is 31.2 Å². The van der Waals surface area contributed by atoms with E-state index < -0.39 is 18.6 Å². The summed E-state index contributed by atoms with van der Waals surface area (Å²) >= 11 is 0. The third-order valence-electron chi connectivity index (χ3n) is 4.33. The van der Waals surface area contributed by atoms with E-state index in [1.54, 1.807) is 0 Å². The highest BCUT2D eigenvalue weighted by molar-refractivity contribution is 6.40. The molecule has 0 fully saturated rings. The highest BCUT2D eigenvalue weighted by Crippen LogP contribution is 2.18. The van der Waals surface area contributed by atoms with E-state index in [4.69, 9.17) is 15.8 Å². The number of rotatable bonds is 12. The minimum Gasteiger partial charge on any atom is -0.480 e. The molecule has 0 aromatic heterocycles. The lowest BCUT2D eigenvalue weighted by Gasteiger charge is -2.27. The van der Waals surface area contributed by atoms with Crippen LogP contribution < -0.4 is 5.73 Å². The van der Waals surface area contributed by atoms with E-state index in [2.05, 4.69) is 17.0 Å². The smallest absolute Gasteiger partial charge is 0.451 e. The largest absolute Gasteiger partial charge is 0.480 e. The first kappa shape index (κ1) is 20.6. The molecule has 0 bridgehead atoms. The number of carboxylic acids is 1. The Kier molecular flexibility index (Phi) is 8.99. The molecule has 1 unspecified atom stereocenters. The van der Waals surface area contributed by atoms with Gasteiger partial charge in [-0.1, -0.05) is 43.2 Å². The van der Waals surface area contributed by atoms with Crippen molar-refractivity contribution in [2.24, 2.45) is 5.73 Å². The topological polar surface area (TPSA) is 107 Å². The van der Waals surface area contributed by atoms with Crippen molar-refractivity contribution in [3.05, 3.63) is 35.9 Å². The van der Waals surface area contributed by atoms with Gasteiger partial charge in [0.2, 0.25) is 0 Å². The summed E-state index contributed by atoms with van der Waals surface area (Å²) in [6, 6.07) is 10.2. The molecule has 1 aromatic rings. The Balaban J connectivity index is 2.37.